The SMILES string of the molecule is [Zr][O]CC(Cc1ccccc1)(Cc1ccccc1)Cc1ccccc1. The summed E-state index contributed by atoms with van der Waals surface area (Å²) in [5.74, 6) is 0. The molecule has 125 valence electrons. The van der Waals surface area contributed by atoms with Crippen LogP contribution in [-0.2, 0) is 47.2 Å². The molecule has 0 spiro atoms. The normalized spacial score (nSPS) is 11.3. The van der Waals surface area contributed by atoms with E-state index < -0.39 is 0 Å². The van der Waals surface area contributed by atoms with Crippen molar-refractivity contribution in [2.24, 2.45) is 5.41 Å². The molecule has 1 nitrogen and oxygen atoms in total. The molecule has 0 aromatic heterocycles. The first-order chi connectivity index (χ1) is 12.3. The van der Waals surface area contributed by atoms with Crippen LogP contribution in [-0.4, -0.2) is 6.61 Å². The summed E-state index contributed by atoms with van der Waals surface area (Å²) in [5, 5.41) is 0. The molecule has 0 aliphatic heterocycles. The summed E-state index contributed by atoms with van der Waals surface area (Å²) in [7, 11) is 0. The second-order valence-electron chi connectivity index (χ2n) is 6.78. The summed E-state index contributed by atoms with van der Waals surface area (Å²) < 4.78 is 5.81. The zero-order valence-corrected chi connectivity index (χ0v) is 16.9. The maximum atomic E-state index is 5.81. The van der Waals surface area contributed by atoms with Crippen LogP contribution >= 0.6 is 0 Å². The average molecular weight is 407 g/mol. The van der Waals surface area contributed by atoms with Gasteiger partial charge in [-0.05, 0) is 0 Å². The number of benzene rings is 3. The van der Waals surface area contributed by atoms with Crippen molar-refractivity contribution in [1.82, 2.24) is 0 Å². The summed E-state index contributed by atoms with van der Waals surface area (Å²) in [6.45, 7) is 0.782. The molecular weight excluding hydrogens is 383 g/mol. The van der Waals surface area contributed by atoms with Crippen molar-refractivity contribution in [3.05, 3.63) is 108 Å². The van der Waals surface area contributed by atoms with Crippen molar-refractivity contribution < 1.29 is 28.0 Å². The van der Waals surface area contributed by atoms with Crippen molar-refractivity contribution in [1.29, 1.82) is 0 Å². The van der Waals surface area contributed by atoms with E-state index in [9.17, 15) is 0 Å². The predicted molar refractivity (Wildman–Crippen MR) is 98.8 cm³/mol. The van der Waals surface area contributed by atoms with Gasteiger partial charge in [0.2, 0.25) is 0 Å². The summed E-state index contributed by atoms with van der Waals surface area (Å²) in [6.07, 6.45) is 3.06. The first kappa shape index (κ1) is 18.3. The quantitative estimate of drug-likeness (QED) is 0.501. The molecule has 0 bridgehead atoms. The molecule has 0 N–H and O–H groups in total. The third-order valence-corrected chi connectivity index (χ3v) is 5.00. The minimum absolute atomic E-state index is 0.0630. The molecule has 0 radical (unpaired) electrons. The van der Waals surface area contributed by atoms with E-state index in [1.165, 1.54) is 16.7 Å². The summed E-state index contributed by atoms with van der Waals surface area (Å²) in [4.78, 5) is 0. The molecule has 0 atom stereocenters. The molecule has 0 aliphatic carbocycles. The number of hydrogen-bond donors (Lipinski definition) is 0. The fraction of sp³-hybridized carbons (Fsp3) is 0.217. The topological polar surface area (TPSA) is 9.23 Å². The Balaban J connectivity index is 1.94. The first-order valence-electron chi connectivity index (χ1n) is 8.70. The molecule has 2 heteroatoms. The van der Waals surface area contributed by atoms with E-state index in [0.717, 1.165) is 51.0 Å². The van der Waals surface area contributed by atoms with Gasteiger partial charge in [-0.25, -0.2) is 0 Å². The Hall–Kier alpha value is -1.50. The Bertz CT molecular complexity index is 639. The van der Waals surface area contributed by atoms with Gasteiger partial charge in [-0.2, -0.15) is 0 Å². The Morgan fingerprint density at radius 1 is 0.560 bits per heavy atom. The van der Waals surface area contributed by atoms with Crippen molar-refractivity contribution in [2.45, 2.75) is 19.3 Å². The monoisotopic (exact) mass is 405 g/mol. The Labute approximate surface area is 166 Å². The van der Waals surface area contributed by atoms with Gasteiger partial charge >= 0.3 is 167 Å². The van der Waals surface area contributed by atoms with E-state index in [2.05, 4.69) is 91.0 Å². The summed E-state index contributed by atoms with van der Waals surface area (Å²) >= 11 is 1.14. The van der Waals surface area contributed by atoms with Gasteiger partial charge in [-0.3, -0.25) is 0 Å². The van der Waals surface area contributed by atoms with Crippen molar-refractivity contribution >= 4 is 0 Å². The van der Waals surface area contributed by atoms with Gasteiger partial charge in [-0.1, -0.05) is 0 Å². The van der Waals surface area contributed by atoms with Gasteiger partial charge in [0.15, 0.2) is 0 Å². The Kier molecular flexibility index (Phi) is 6.79. The average Bonchev–Trinajstić information content (AvgIpc) is 2.64. The number of rotatable bonds is 8. The molecule has 3 aromatic rings. The van der Waals surface area contributed by atoms with Crippen LogP contribution < -0.4 is 0 Å². The molecule has 0 aliphatic rings. The van der Waals surface area contributed by atoms with E-state index in [4.69, 9.17) is 2.81 Å². The van der Waals surface area contributed by atoms with Crippen LogP contribution in [0.3, 0.4) is 0 Å². The van der Waals surface area contributed by atoms with Gasteiger partial charge in [-0.15, -0.1) is 0 Å². The standard InChI is InChI=1S/C23H23O.Zr/c24-19-23(16-20-10-4-1-5-11-20,17-21-12-6-2-7-13-21)18-22-14-8-3-9-15-22;/h1-15H,16-19H2;/q-1;+1. The van der Waals surface area contributed by atoms with Gasteiger partial charge < -0.3 is 0 Å². The summed E-state index contributed by atoms with van der Waals surface area (Å²) in [5.41, 5.74) is 4.19. The van der Waals surface area contributed by atoms with E-state index >= 15 is 0 Å². The summed E-state index contributed by atoms with van der Waals surface area (Å²) in [6, 6.07) is 32.4. The fourth-order valence-corrected chi connectivity index (χ4v) is 4.33. The van der Waals surface area contributed by atoms with E-state index in [1.54, 1.807) is 0 Å². The van der Waals surface area contributed by atoms with Crippen LogP contribution in [0, 0.1) is 5.41 Å². The zero-order valence-electron chi connectivity index (χ0n) is 14.4. The number of hydrogen-bond acceptors (Lipinski definition) is 1. The molecule has 0 amide bonds. The van der Waals surface area contributed by atoms with Gasteiger partial charge in [0.05, 0.1) is 0 Å². The second kappa shape index (κ2) is 9.27. The first-order valence-corrected chi connectivity index (χ1v) is 9.70. The molecular formula is C23H23OZr. The van der Waals surface area contributed by atoms with Crippen LogP contribution in [0.2, 0.25) is 0 Å². The fourth-order valence-electron chi connectivity index (χ4n) is 3.58. The molecule has 0 fully saturated rings. The molecule has 3 rings (SSSR count). The van der Waals surface area contributed by atoms with Gasteiger partial charge in [0.25, 0.3) is 0 Å². The van der Waals surface area contributed by atoms with Gasteiger partial charge in [0.1, 0.15) is 0 Å². The Morgan fingerprint density at radius 3 is 1.16 bits per heavy atom. The molecule has 0 unspecified atom stereocenters. The molecule has 0 saturated heterocycles. The molecule has 0 heterocycles. The van der Waals surface area contributed by atoms with Crippen molar-refractivity contribution in [2.75, 3.05) is 6.61 Å². The van der Waals surface area contributed by atoms with Crippen LogP contribution in [0.5, 0.6) is 0 Å². The third kappa shape index (κ3) is 5.49. The van der Waals surface area contributed by atoms with Crippen LogP contribution in [0.15, 0.2) is 91.0 Å². The van der Waals surface area contributed by atoms with Crippen LogP contribution in [0.4, 0.5) is 0 Å². The van der Waals surface area contributed by atoms with E-state index in [-0.39, 0.29) is 5.41 Å². The Morgan fingerprint density at radius 2 is 0.880 bits per heavy atom. The van der Waals surface area contributed by atoms with Crippen LogP contribution in [0.25, 0.3) is 0 Å². The van der Waals surface area contributed by atoms with E-state index in [1.807, 2.05) is 0 Å². The predicted octanol–water partition coefficient (Wildman–Crippen LogP) is 5.18. The van der Waals surface area contributed by atoms with Crippen molar-refractivity contribution in [3.8, 4) is 0 Å². The minimum atomic E-state index is 0.0630. The molecule has 3 aromatic carbocycles. The van der Waals surface area contributed by atoms with Crippen LogP contribution in [0.1, 0.15) is 16.7 Å². The van der Waals surface area contributed by atoms with Gasteiger partial charge in [0, 0.05) is 0 Å². The maximum absolute atomic E-state index is 5.81. The molecule has 0 saturated carbocycles. The zero-order chi connectivity index (χ0) is 17.4. The third-order valence-electron chi connectivity index (χ3n) is 4.64. The molecule has 25 heavy (non-hydrogen) atoms. The van der Waals surface area contributed by atoms with Crippen molar-refractivity contribution in [3.63, 3.8) is 0 Å². The second-order valence-corrected chi connectivity index (χ2v) is 7.49. The van der Waals surface area contributed by atoms with E-state index in [0.29, 0.717) is 0 Å².